The summed E-state index contributed by atoms with van der Waals surface area (Å²) in [6.45, 7) is 4.22. The number of hydrogen-bond acceptors (Lipinski definition) is 8. The van der Waals surface area contributed by atoms with Crippen molar-refractivity contribution in [1.29, 1.82) is 0 Å². The topological polar surface area (TPSA) is 79.6 Å². The van der Waals surface area contributed by atoms with Gasteiger partial charge in [0.05, 0.1) is 30.2 Å². The molecule has 8 rings (SSSR count). The smallest absolute Gasteiger partial charge is 0.273 e. The molecule has 1 spiro atoms. The number of anilines is 2. The quantitative estimate of drug-likeness (QED) is 0.117. The highest BCUT2D eigenvalue weighted by Gasteiger charge is 2.45. The molecule has 1 atom stereocenters. The summed E-state index contributed by atoms with van der Waals surface area (Å²) in [7, 11) is 3.53. The summed E-state index contributed by atoms with van der Waals surface area (Å²) in [5.74, 6) is 0.848. The first-order chi connectivity index (χ1) is 25.3. The molecule has 268 valence electrons. The van der Waals surface area contributed by atoms with Gasteiger partial charge in [0.2, 0.25) is 0 Å². The number of aryl methyl sites for hydroxylation is 2. The minimum absolute atomic E-state index is 0.0831. The van der Waals surface area contributed by atoms with Gasteiger partial charge in [0.25, 0.3) is 5.91 Å². The van der Waals surface area contributed by atoms with Crippen LogP contribution >= 0.6 is 27.7 Å². The molecule has 1 unspecified atom stereocenters. The fourth-order valence-electron chi connectivity index (χ4n) is 8.05. The Hall–Kier alpha value is -4.19. The van der Waals surface area contributed by atoms with E-state index in [1.54, 1.807) is 30.8 Å². The average molecular weight is 779 g/mol. The lowest BCUT2D eigenvalue weighted by Gasteiger charge is -2.44. The molecule has 0 radical (unpaired) electrons. The summed E-state index contributed by atoms with van der Waals surface area (Å²) in [5, 5.41) is 5.43. The van der Waals surface area contributed by atoms with E-state index in [1.807, 2.05) is 17.0 Å². The number of hydrogen-bond donors (Lipinski definition) is 0. The van der Waals surface area contributed by atoms with E-state index in [4.69, 9.17) is 14.7 Å². The zero-order chi connectivity index (χ0) is 35.8. The third-order valence-electron chi connectivity index (χ3n) is 10.6. The molecule has 3 aromatic carbocycles. The van der Waals surface area contributed by atoms with Gasteiger partial charge in [-0.1, -0.05) is 78.5 Å². The van der Waals surface area contributed by atoms with E-state index in [0.717, 1.165) is 84.3 Å². The van der Waals surface area contributed by atoms with E-state index in [1.165, 1.54) is 27.9 Å². The first-order valence-corrected chi connectivity index (χ1v) is 20.1. The van der Waals surface area contributed by atoms with E-state index >= 15 is 0 Å². The molecule has 2 aliphatic heterocycles. The predicted molar refractivity (Wildman–Crippen MR) is 210 cm³/mol. The van der Waals surface area contributed by atoms with Gasteiger partial charge in [-0.3, -0.25) is 9.48 Å². The van der Waals surface area contributed by atoms with Gasteiger partial charge >= 0.3 is 0 Å². The third-order valence-corrected chi connectivity index (χ3v) is 11.9. The van der Waals surface area contributed by atoms with Gasteiger partial charge in [0, 0.05) is 62.3 Å². The Bertz CT molecular complexity index is 2050. The van der Waals surface area contributed by atoms with Crippen molar-refractivity contribution in [3.8, 4) is 0 Å². The summed E-state index contributed by atoms with van der Waals surface area (Å²) < 4.78 is 10.2. The van der Waals surface area contributed by atoms with Gasteiger partial charge in [0.1, 0.15) is 11.4 Å². The van der Waals surface area contributed by atoms with E-state index < -0.39 is 5.60 Å². The number of ether oxygens (including phenoxy) is 1. The number of carbonyl (C=O) groups excluding carboxylic acids is 1. The van der Waals surface area contributed by atoms with Crippen molar-refractivity contribution in [1.82, 2.24) is 24.6 Å². The number of aromatic nitrogens is 4. The lowest BCUT2D eigenvalue weighted by molar-refractivity contribution is -0.0860. The summed E-state index contributed by atoms with van der Waals surface area (Å²) in [6.07, 6.45) is 6.64. The highest BCUT2D eigenvalue weighted by atomic mass is 79.9. The standard InChI is InChI=1S/C41H44BrN7O2S/c1-46(2)39(50)33-22-31-26-47(20-11-21-49(31)45-33)38-32-27-51-41(23-34(32)43-40(44-38)52-3)19-10-16-30-17-18-35(37(42)36(30)41)48(24-28-12-6-4-7-13-28)25-29-14-8-5-9-15-29/h4-9,12-15,17-18,22H,10-11,16,19-21,23-27H2,1-3H3. The predicted octanol–water partition coefficient (Wildman–Crippen LogP) is 7.78. The number of halogens is 1. The van der Waals surface area contributed by atoms with Crippen LogP contribution in [0.15, 0.2) is 88.5 Å². The number of thioether (sulfide) groups is 1. The molecule has 5 aromatic rings. The Labute approximate surface area is 318 Å². The van der Waals surface area contributed by atoms with Crippen molar-refractivity contribution < 1.29 is 9.53 Å². The van der Waals surface area contributed by atoms with E-state index in [2.05, 4.69) is 104 Å². The Morgan fingerprint density at radius 3 is 2.38 bits per heavy atom. The number of rotatable bonds is 8. The molecule has 2 aromatic heterocycles. The Morgan fingerprint density at radius 2 is 1.69 bits per heavy atom. The van der Waals surface area contributed by atoms with Crippen LogP contribution in [0.2, 0.25) is 0 Å². The van der Waals surface area contributed by atoms with Crippen molar-refractivity contribution in [3.05, 3.63) is 128 Å². The van der Waals surface area contributed by atoms with Gasteiger partial charge < -0.3 is 19.4 Å². The Kier molecular flexibility index (Phi) is 9.84. The number of fused-ring (bicyclic) bond motifs is 4. The second-order valence-corrected chi connectivity index (χ2v) is 15.8. The number of amides is 1. The van der Waals surface area contributed by atoms with Gasteiger partial charge in [0.15, 0.2) is 10.9 Å². The molecule has 11 heteroatoms. The highest BCUT2D eigenvalue weighted by molar-refractivity contribution is 9.10. The van der Waals surface area contributed by atoms with Crippen LogP contribution in [0.25, 0.3) is 0 Å². The minimum atomic E-state index is -0.499. The molecule has 9 nitrogen and oxygen atoms in total. The van der Waals surface area contributed by atoms with Crippen LogP contribution in [0.5, 0.6) is 0 Å². The van der Waals surface area contributed by atoms with Gasteiger partial charge in [-0.15, -0.1) is 0 Å². The van der Waals surface area contributed by atoms with Crippen molar-refractivity contribution >= 4 is 45.1 Å². The lowest BCUT2D eigenvalue weighted by atomic mass is 9.74. The molecular formula is C41H44BrN7O2S. The lowest BCUT2D eigenvalue weighted by Crippen LogP contribution is -2.41. The zero-order valence-electron chi connectivity index (χ0n) is 30.0. The summed E-state index contributed by atoms with van der Waals surface area (Å²) in [5.41, 5.74) is 9.44. The SMILES string of the molecule is CSc1nc2c(c(N3CCCn4nc(C(=O)N(C)C)cc4C3)n1)COC1(CCCc3ccc(N(Cc4ccccc4)Cc4ccccc4)c(Br)c31)C2. The maximum absolute atomic E-state index is 12.7. The second-order valence-electron chi connectivity index (χ2n) is 14.3. The van der Waals surface area contributed by atoms with E-state index in [0.29, 0.717) is 25.3 Å². The average Bonchev–Trinajstić information content (AvgIpc) is 3.45. The molecule has 1 aliphatic carbocycles. The Balaban J connectivity index is 1.15. The Morgan fingerprint density at radius 1 is 0.962 bits per heavy atom. The fourth-order valence-corrected chi connectivity index (χ4v) is 9.42. The van der Waals surface area contributed by atoms with Crippen LogP contribution < -0.4 is 9.80 Å². The van der Waals surface area contributed by atoms with Crippen LogP contribution in [0.4, 0.5) is 11.5 Å². The van der Waals surface area contributed by atoms with Crippen molar-refractivity contribution in [2.45, 2.75) is 75.6 Å². The summed E-state index contributed by atoms with van der Waals surface area (Å²) in [6, 6.07) is 28.0. The number of carbonyl (C=O) groups is 1. The summed E-state index contributed by atoms with van der Waals surface area (Å²) >= 11 is 5.77. The molecule has 0 saturated carbocycles. The van der Waals surface area contributed by atoms with E-state index in [9.17, 15) is 4.79 Å². The fraction of sp³-hybridized carbons (Fsp3) is 0.366. The summed E-state index contributed by atoms with van der Waals surface area (Å²) in [4.78, 5) is 29.4. The molecule has 0 bridgehead atoms. The minimum Gasteiger partial charge on any atom is -0.365 e. The molecule has 0 saturated heterocycles. The molecule has 3 aliphatic rings. The molecule has 0 N–H and O–H groups in total. The van der Waals surface area contributed by atoms with Crippen molar-refractivity contribution in [2.75, 3.05) is 36.7 Å². The molecule has 1 amide bonds. The largest absolute Gasteiger partial charge is 0.365 e. The molecule has 4 heterocycles. The molecule has 52 heavy (non-hydrogen) atoms. The normalized spacial score (nSPS) is 18.0. The van der Waals surface area contributed by atoms with Crippen molar-refractivity contribution in [2.24, 2.45) is 0 Å². The van der Waals surface area contributed by atoms with Gasteiger partial charge in [-0.25, -0.2) is 9.97 Å². The number of benzene rings is 3. The third kappa shape index (κ3) is 6.74. The first kappa shape index (κ1) is 34.9. The maximum atomic E-state index is 12.7. The highest BCUT2D eigenvalue weighted by Crippen LogP contribution is 2.51. The van der Waals surface area contributed by atoms with Crippen LogP contribution in [-0.4, -0.2) is 57.5 Å². The van der Waals surface area contributed by atoms with E-state index in [-0.39, 0.29) is 5.91 Å². The second kappa shape index (κ2) is 14.7. The molecule has 0 fully saturated rings. The number of nitrogens with zero attached hydrogens (tertiary/aromatic N) is 7. The van der Waals surface area contributed by atoms with Crippen LogP contribution in [0.1, 0.15) is 69.0 Å². The monoisotopic (exact) mass is 777 g/mol. The van der Waals surface area contributed by atoms with Crippen LogP contribution in [0.3, 0.4) is 0 Å². The van der Waals surface area contributed by atoms with Crippen LogP contribution in [0, 0.1) is 0 Å². The zero-order valence-corrected chi connectivity index (χ0v) is 32.4. The van der Waals surface area contributed by atoms with Crippen molar-refractivity contribution in [3.63, 3.8) is 0 Å². The van der Waals surface area contributed by atoms with Crippen LogP contribution in [-0.2, 0) is 56.0 Å². The maximum Gasteiger partial charge on any atom is 0.273 e. The first-order valence-electron chi connectivity index (χ1n) is 18.1. The van der Waals surface area contributed by atoms with Gasteiger partial charge in [-0.05, 0) is 76.7 Å². The molecular weight excluding hydrogens is 734 g/mol. The van der Waals surface area contributed by atoms with Gasteiger partial charge in [-0.2, -0.15) is 5.10 Å².